The number of carbonyl (C=O) groups excluding carboxylic acids is 1. The first-order valence-corrected chi connectivity index (χ1v) is 9.03. The van der Waals surface area contributed by atoms with E-state index in [1.165, 1.54) is 18.2 Å². The fourth-order valence-electron chi connectivity index (χ4n) is 3.81. The molecule has 0 saturated carbocycles. The minimum atomic E-state index is -4.99. The van der Waals surface area contributed by atoms with Crippen LogP contribution in [0.1, 0.15) is 24.4 Å². The zero-order valence-electron chi connectivity index (χ0n) is 14.4. The molecule has 0 radical (unpaired) electrons. The van der Waals surface area contributed by atoms with Gasteiger partial charge in [0.2, 0.25) is 0 Å². The zero-order chi connectivity index (χ0) is 20.1. The Morgan fingerprint density at radius 1 is 1.18 bits per heavy atom. The molecule has 1 amide bonds. The average molecular weight is 415 g/mol. The van der Waals surface area contributed by atoms with E-state index < -0.39 is 30.0 Å². The molecule has 9 heteroatoms. The van der Waals surface area contributed by atoms with Gasteiger partial charge in [-0.05, 0) is 37.1 Å². The largest absolute Gasteiger partial charge is 0.471 e. The van der Waals surface area contributed by atoms with Crippen LogP contribution in [0.2, 0.25) is 5.02 Å². The summed E-state index contributed by atoms with van der Waals surface area (Å²) in [6.45, 7) is 0.524. The SMILES string of the molecule is O=C(N[C@@H]1CCCN2c3cc(Cl)ccc3Oc3cc(F)ccc3[C@@H]12)C(F)(F)F. The van der Waals surface area contributed by atoms with Crippen LogP contribution in [0.25, 0.3) is 0 Å². The summed E-state index contributed by atoms with van der Waals surface area (Å²) in [6, 6.07) is 7.30. The maximum Gasteiger partial charge on any atom is 0.471 e. The topological polar surface area (TPSA) is 41.6 Å². The molecule has 2 aliphatic heterocycles. The summed E-state index contributed by atoms with van der Waals surface area (Å²) in [5.74, 6) is -1.92. The van der Waals surface area contributed by atoms with Gasteiger partial charge >= 0.3 is 12.1 Å². The van der Waals surface area contributed by atoms with Gasteiger partial charge in [0, 0.05) is 23.2 Å². The van der Waals surface area contributed by atoms with Crippen molar-refractivity contribution in [3.05, 3.63) is 52.8 Å². The van der Waals surface area contributed by atoms with Crippen LogP contribution < -0.4 is 15.0 Å². The molecule has 2 aromatic rings. The van der Waals surface area contributed by atoms with Gasteiger partial charge in [-0.15, -0.1) is 0 Å². The lowest BCUT2D eigenvalue weighted by Crippen LogP contribution is -2.52. The minimum absolute atomic E-state index is 0.198. The van der Waals surface area contributed by atoms with Gasteiger partial charge < -0.3 is 15.0 Å². The Kier molecular flexibility index (Phi) is 4.61. The number of nitrogens with one attached hydrogen (secondary N) is 1. The number of hydrogen-bond donors (Lipinski definition) is 1. The number of halogens is 5. The highest BCUT2D eigenvalue weighted by Crippen LogP contribution is 2.48. The number of benzene rings is 2. The molecule has 0 unspecified atom stereocenters. The van der Waals surface area contributed by atoms with Crippen molar-refractivity contribution < 1.29 is 27.1 Å². The quantitative estimate of drug-likeness (QED) is 0.670. The normalized spacial score (nSPS) is 21.0. The molecule has 4 rings (SSSR count). The molecule has 148 valence electrons. The molecule has 1 saturated heterocycles. The molecule has 2 atom stereocenters. The molecule has 4 nitrogen and oxygen atoms in total. The van der Waals surface area contributed by atoms with Gasteiger partial charge in [0.1, 0.15) is 11.6 Å². The summed E-state index contributed by atoms with van der Waals surface area (Å²) in [6.07, 6.45) is -4.09. The first-order valence-electron chi connectivity index (χ1n) is 8.65. The minimum Gasteiger partial charge on any atom is -0.455 e. The Morgan fingerprint density at radius 2 is 1.96 bits per heavy atom. The lowest BCUT2D eigenvalue weighted by atomic mass is 9.89. The molecule has 0 spiro atoms. The van der Waals surface area contributed by atoms with Crippen LogP contribution in [-0.2, 0) is 4.79 Å². The Hall–Kier alpha value is -2.48. The maximum absolute atomic E-state index is 13.8. The van der Waals surface area contributed by atoms with Crippen LogP contribution in [0, 0.1) is 5.82 Å². The van der Waals surface area contributed by atoms with E-state index in [4.69, 9.17) is 16.3 Å². The molecule has 1 fully saturated rings. The smallest absolute Gasteiger partial charge is 0.455 e. The van der Waals surface area contributed by atoms with Crippen molar-refractivity contribution in [1.82, 2.24) is 5.32 Å². The van der Waals surface area contributed by atoms with Crippen molar-refractivity contribution in [2.24, 2.45) is 0 Å². The third kappa shape index (κ3) is 3.37. The number of rotatable bonds is 1. The van der Waals surface area contributed by atoms with Gasteiger partial charge in [0.25, 0.3) is 0 Å². The third-order valence-electron chi connectivity index (χ3n) is 4.95. The van der Waals surface area contributed by atoms with Crippen molar-refractivity contribution in [3.63, 3.8) is 0 Å². The van der Waals surface area contributed by atoms with E-state index in [9.17, 15) is 22.4 Å². The van der Waals surface area contributed by atoms with E-state index in [1.54, 1.807) is 18.2 Å². The first kappa shape index (κ1) is 18.9. The van der Waals surface area contributed by atoms with Crippen LogP contribution in [0.5, 0.6) is 11.5 Å². The van der Waals surface area contributed by atoms with Gasteiger partial charge in [0.05, 0.1) is 17.8 Å². The van der Waals surface area contributed by atoms with Gasteiger partial charge in [-0.2, -0.15) is 13.2 Å². The monoisotopic (exact) mass is 414 g/mol. The van der Waals surface area contributed by atoms with E-state index in [2.05, 4.69) is 5.32 Å². The molecular weight excluding hydrogens is 400 g/mol. The molecule has 2 aromatic carbocycles. The van der Waals surface area contributed by atoms with Crippen molar-refractivity contribution >= 4 is 23.2 Å². The third-order valence-corrected chi connectivity index (χ3v) is 5.18. The predicted molar refractivity (Wildman–Crippen MR) is 95.2 cm³/mol. The van der Waals surface area contributed by atoms with Crippen LogP contribution in [-0.4, -0.2) is 24.7 Å². The first-order chi connectivity index (χ1) is 13.2. The van der Waals surface area contributed by atoms with E-state index in [1.807, 2.05) is 4.90 Å². The van der Waals surface area contributed by atoms with Crippen LogP contribution in [0.3, 0.4) is 0 Å². The molecule has 0 aliphatic carbocycles. The van der Waals surface area contributed by atoms with E-state index >= 15 is 0 Å². The van der Waals surface area contributed by atoms with E-state index in [-0.39, 0.29) is 5.75 Å². The Morgan fingerprint density at radius 3 is 2.71 bits per heavy atom. The summed E-state index contributed by atoms with van der Waals surface area (Å²) in [7, 11) is 0. The number of ether oxygens (including phenoxy) is 1. The molecule has 2 aliphatic rings. The van der Waals surface area contributed by atoms with Crippen LogP contribution in [0.4, 0.5) is 23.2 Å². The fourth-order valence-corrected chi connectivity index (χ4v) is 3.98. The number of carbonyl (C=O) groups is 1. The second-order valence-electron chi connectivity index (χ2n) is 6.75. The van der Waals surface area contributed by atoms with Gasteiger partial charge in [-0.3, -0.25) is 4.79 Å². The molecular formula is C19H15ClF4N2O2. The number of fused-ring (bicyclic) bond motifs is 5. The number of nitrogens with zero attached hydrogens (tertiary/aromatic N) is 1. The van der Waals surface area contributed by atoms with Gasteiger partial charge in [0.15, 0.2) is 5.75 Å². The summed E-state index contributed by atoms with van der Waals surface area (Å²) in [4.78, 5) is 13.4. The maximum atomic E-state index is 13.8. The number of anilines is 1. The highest BCUT2D eigenvalue weighted by atomic mass is 35.5. The standard InChI is InChI=1S/C19H15ClF4N2O2/c20-10-3-6-15-14(8-10)26-7-1-2-13(25-18(27)19(22,23)24)17(26)12-5-4-11(21)9-16(12)28-15/h3-6,8-9,13,17H,1-2,7H2,(H,25,27)/t13-,17+/m1/s1. The lowest BCUT2D eigenvalue weighted by Gasteiger charge is -2.42. The molecule has 0 bridgehead atoms. The number of hydrogen-bond acceptors (Lipinski definition) is 3. The van der Waals surface area contributed by atoms with Crippen molar-refractivity contribution in [2.75, 3.05) is 11.4 Å². The van der Waals surface area contributed by atoms with E-state index in [0.717, 1.165) is 0 Å². The zero-order valence-corrected chi connectivity index (χ0v) is 15.1. The van der Waals surface area contributed by atoms with Gasteiger partial charge in [-0.1, -0.05) is 17.7 Å². The Balaban J connectivity index is 1.83. The van der Waals surface area contributed by atoms with Crippen molar-refractivity contribution in [1.29, 1.82) is 0 Å². The Bertz CT molecular complexity index is 935. The molecule has 0 aromatic heterocycles. The highest BCUT2D eigenvalue weighted by Gasteiger charge is 2.44. The van der Waals surface area contributed by atoms with Crippen molar-refractivity contribution in [2.45, 2.75) is 31.1 Å². The number of alkyl halides is 3. The van der Waals surface area contributed by atoms with Crippen LogP contribution >= 0.6 is 11.6 Å². The predicted octanol–water partition coefficient (Wildman–Crippen LogP) is 4.97. The van der Waals surface area contributed by atoms with E-state index in [0.29, 0.717) is 41.4 Å². The molecule has 1 N–H and O–H groups in total. The molecule has 28 heavy (non-hydrogen) atoms. The average Bonchev–Trinajstić information content (AvgIpc) is 2.75. The van der Waals surface area contributed by atoms with Crippen molar-refractivity contribution in [3.8, 4) is 11.5 Å². The fraction of sp³-hybridized carbons (Fsp3) is 0.316. The number of amides is 1. The highest BCUT2D eigenvalue weighted by molar-refractivity contribution is 6.31. The second-order valence-corrected chi connectivity index (χ2v) is 7.19. The van der Waals surface area contributed by atoms with Crippen LogP contribution in [0.15, 0.2) is 36.4 Å². The lowest BCUT2D eigenvalue weighted by molar-refractivity contribution is -0.174. The Labute approximate surface area is 163 Å². The summed E-state index contributed by atoms with van der Waals surface area (Å²) >= 11 is 6.12. The summed E-state index contributed by atoms with van der Waals surface area (Å²) in [5, 5.41) is 2.53. The number of piperidine rings is 1. The summed E-state index contributed by atoms with van der Waals surface area (Å²) in [5.41, 5.74) is 1.08. The van der Waals surface area contributed by atoms with Gasteiger partial charge in [-0.25, -0.2) is 4.39 Å². The second kappa shape index (κ2) is 6.84. The molecule has 2 heterocycles. The summed E-state index contributed by atoms with van der Waals surface area (Å²) < 4.78 is 58.2.